The van der Waals surface area contributed by atoms with Gasteiger partial charge in [0, 0.05) is 5.69 Å². The normalized spacial score (nSPS) is 18.0. The van der Waals surface area contributed by atoms with Gasteiger partial charge >= 0.3 is 0 Å². The third-order valence-corrected chi connectivity index (χ3v) is 5.46. The molecule has 1 saturated heterocycles. The minimum absolute atomic E-state index is 0.0790. The maximum Gasteiger partial charge on any atom is 0.241 e. The van der Waals surface area contributed by atoms with Gasteiger partial charge in [0.15, 0.2) is 0 Å². The number of aryl methyl sites for hydroxylation is 1. The van der Waals surface area contributed by atoms with E-state index in [0.717, 1.165) is 24.9 Å². The van der Waals surface area contributed by atoms with Crippen LogP contribution in [0.2, 0.25) is 0 Å². The average molecular weight is 422 g/mol. The summed E-state index contributed by atoms with van der Waals surface area (Å²) in [6.07, 6.45) is 1.54. The second-order valence-corrected chi connectivity index (χ2v) is 7.92. The van der Waals surface area contributed by atoms with Gasteiger partial charge in [-0.15, -0.1) is 0 Å². The molecule has 31 heavy (non-hydrogen) atoms. The largest absolute Gasteiger partial charge is 0.457 e. The van der Waals surface area contributed by atoms with Gasteiger partial charge in [0.1, 0.15) is 23.1 Å². The second-order valence-electron chi connectivity index (χ2n) is 7.92. The molecule has 2 atom stereocenters. The SMILES string of the molecule is Cc1cc(F)ccc1Oc1ccc(NC(=O)[C@@H]2C[C@@H](Cc3ccc(F)cc3)CN2)cc1. The number of halogens is 2. The van der Waals surface area contributed by atoms with Crippen LogP contribution in [0.4, 0.5) is 14.5 Å². The molecule has 0 unspecified atom stereocenters. The fourth-order valence-electron chi connectivity index (χ4n) is 3.81. The zero-order valence-corrected chi connectivity index (χ0v) is 17.2. The van der Waals surface area contributed by atoms with Crippen LogP contribution in [0, 0.1) is 24.5 Å². The van der Waals surface area contributed by atoms with Crippen molar-refractivity contribution in [3.05, 3.63) is 89.5 Å². The summed E-state index contributed by atoms with van der Waals surface area (Å²) in [7, 11) is 0. The summed E-state index contributed by atoms with van der Waals surface area (Å²) < 4.78 is 32.1. The third kappa shape index (κ3) is 5.47. The quantitative estimate of drug-likeness (QED) is 0.572. The van der Waals surface area contributed by atoms with E-state index in [2.05, 4.69) is 10.6 Å². The first-order chi connectivity index (χ1) is 15.0. The Bertz CT molecular complexity index is 1050. The molecule has 0 aliphatic carbocycles. The summed E-state index contributed by atoms with van der Waals surface area (Å²) in [5, 5.41) is 6.20. The van der Waals surface area contributed by atoms with Crippen molar-refractivity contribution >= 4 is 11.6 Å². The first-order valence-corrected chi connectivity index (χ1v) is 10.3. The molecule has 0 spiro atoms. The van der Waals surface area contributed by atoms with Crippen molar-refractivity contribution in [2.24, 2.45) is 5.92 Å². The Hall–Kier alpha value is -3.25. The summed E-state index contributed by atoms with van der Waals surface area (Å²) in [5.74, 6) is 0.894. The van der Waals surface area contributed by atoms with E-state index in [4.69, 9.17) is 4.74 Å². The van der Waals surface area contributed by atoms with Crippen LogP contribution in [0.5, 0.6) is 11.5 Å². The van der Waals surface area contributed by atoms with E-state index < -0.39 is 0 Å². The monoisotopic (exact) mass is 422 g/mol. The predicted molar refractivity (Wildman–Crippen MR) is 116 cm³/mol. The lowest BCUT2D eigenvalue weighted by Crippen LogP contribution is -2.35. The molecule has 2 N–H and O–H groups in total. The molecule has 0 radical (unpaired) electrons. The number of carbonyl (C=O) groups is 1. The van der Waals surface area contributed by atoms with Crippen molar-refractivity contribution in [3.8, 4) is 11.5 Å². The van der Waals surface area contributed by atoms with E-state index in [1.807, 2.05) is 0 Å². The lowest BCUT2D eigenvalue weighted by molar-refractivity contribution is -0.117. The first-order valence-electron chi connectivity index (χ1n) is 10.3. The Morgan fingerprint density at radius 1 is 1.03 bits per heavy atom. The topological polar surface area (TPSA) is 50.4 Å². The van der Waals surface area contributed by atoms with Crippen LogP contribution in [0.1, 0.15) is 17.5 Å². The van der Waals surface area contributed by atoms with Crippen LogP contribution in [0.3, 0.4) is 0 Å². The van der Waals surface area contributed by atoms with Gasteiger partial charge < -0.3 is 15.4 Å². The van der Waals surface area contributed by atoms with Gasteiger partial charge in [-0.2, -0.15) is 0 Å². The smallest absolute Gasteiger partial charge is 0.241 e. The summed E-state index contributed by atoms with van der Waals surface area (Å²) in [6.45, 7) is 2.53. The number of benzene rings is 3. The van der Waals surface area contributed by atoms with Gasteiger partial charge in [-0.3, -0.25) is 4.79 Å². The minimum Gasteiger partial charge on any atom is -0.457 e. The Morgan fingerprint density at radius 3 is 2.45 bits per heavy atom. The highest BCUT2D eigenvalue weighted by Crippen LogP contribution is 2.27. The molecule has 3 aromatic carbocycles. The van der Waals surface area contributed by atoms with Gasteiger partial charge in [0.05, 0.1) is 6.04 Å². The Labute approximate surface area is 180 Å². The number of amides is 1. The highest BCUT2D eigenvalue weighted by molar-refractivity contribution is 5.95. The number of hydrogen-bond acceptors (Lipinski definition) is 3. The van der Waals surface area contributed by atoms with E-state index >= 15 is 0 Å². The van der Waals surface area contributed by atoms with Crippen molar-refractivity contribution in [1.82, 2.24) is 5.32 Å². The van der Waals surface area contributed by atoms with Crippen molar-refractivity contribution in [1.29, 1.82) is 0 Å². The molecule has 4 rings (SSSR count). The van der Waals surface area contributed by atoms with Gasteiger partial charge in [0.25, 0.3) is 0 Å². The fraction of sp³-hybridized carbons (Fsp3) is 0.240. The molecular formula is C25H24F2N2O2. The number of rotatable bonds is 6. The molecule has 0 saturated carbocycles. The average Bonchev–Trinajstić information content (AvgIpc) is 3.22. The number of carbonyl (C=O) groups excluding carboxylic acids is 1. The van der Waals surface area contributed by atoms with Crippen LogP contribution in [0.25, 0.3) is 0 Å². The van der Waals surface area contributed by atoms with Crippen molar-refractivity contribution in [2.75, 3.05) is 11.9 Å². The molecular weight excluding hydrogens is 398 g/mol. The summed E-state index contributed by atoms with van der Waals surface area (Å²) in [5.41, 5.74) is 2.46. The van der Waals surface area contributed by atoms with Crippen LogP contribution in [-0.4, -0.2) is 18.5 Å². The van der Waals surface area contributed by atoms with Crippen molar-refractivity contribution < 1.29 is 18.3 Å². The second kappa shape index (κ2) is 9.27. The van der Waals surface area contributed by atoms with E-state index in [1.54, 1.807) is 49.4 Å². The van der Waals surface area contributed by atoms with Crippen molar-refractivity contribution in [2.45, 2.75) is 25.8 Å². The maximum atomic E-state index is 13.2. The first kappa shape index (κ1) is 21.0. The Balaban J connectivity index is 1.30. The highest BCUT2D eigenvalue weighted by atomic mass is 19.1. The van der Waals surface area contributed by atoms with Crippen molar-refractivity contribution in [3.63, 3.8) is 0 Å². The molecule has 4 nitrogen and oxygen atoms in total. The summed E-state index contributed by atoms with van der Waals surface area (Å²) in [4.78, 5) is 12.6. The summed E-state index contributed by atoms with van der Waals surface area (Å²) in [6, 6.07) is 17.7. The highest BCUT2D eigenvalue weighted by Gasteiger charge is 2.29. The molecule has 0 bridgehead atoms. The van der Waals surface area contributed by atoms with Gasteiger partial charge in [-0.1, -0.05) is 12.1 Å². The standard InChI is InChI=1S/C25H24F2N2O2/c1-16-12-20(27)6-11-24(16)31-22-9-7-21(8-10-22)29-25(30)23-14-18(15-28-23)13-17-2-4-19(26)5-3-17/h2-12,18,23,28H,13-15H2,1H3,(H,29,30)/t18-,23+/m1/s1. The maximum absolute atomic E-state index is 13.2. The lowest BCUT2D eigenvalue weighted by Gasteiger charge is -2.13. The van der Waals surface area contributed by atoms with Gasteiger partial charge in [0.2, 0.25) is 5.91 Å². The van der Waals surface area contributed by atoms with Gasteiger partial charge in [-0.25, -0.2) is 8.78 Å². The zero-order valence-electron chi connectivity index (χ0n) is 17.2. The number of hydrogen-bond donors (Lipinski definition) is 2. The Morgan fingerprint density at radius 2 is 1.74 bits per heavy atom. The van der Waals surface area contributed by atoms with Crippen LogP contribution >= 0.6 is 0 Å². The Kier molecular flexibility index (Phi) is 6.28. The molecule has 1 aliphatic heterocycles. The zero-order chi connectivity index (χ0) is 21.8. The molecule has 3 aromatic rings. The molecule has 1 heterocycles. The molecule has 1 amide bonds. The summed E-state index contributed by atoms with van der Waals surface area (Å²) >= 11 is 0. The third-order valence-electron chi connectivity index (χ3n) is 5.46. The van der Waals surface area contributed by atoms with Crippen LogP contribution < -0.4 is 15.4 Å². The number of anilines is 1. The van der Waals surface area contributed by atoms with Crippen LogP contribution in [-0.2, 0) is 11.2 Å². The predicted octanol–water partition coefficient (Wildman–Crippen LogP) is 5.22. The molecule has 1 fully saturated rings. The molecule has 1 aliphatic rings. The number of nitrogens with one attached hydrogen (secondary N) is 2. The molecule has 0 aromatic heterocycles. The van der Waals surface area contributed by atoms with E-state index in [1.165, 1.54) is 24.3 Å². The fourth-order valence-corrected chi connectivity index (χ4v) is 3.81. The van der Waals surface area contributed by atoms with Crippen LogP contribution in [0.15, 0.2) is 66.7 Å². The molecule has 6 heteroatoms. The lowest BCUT2D eigenvalue weighted by atomic mass is 9.96. The molecule has 160 valence electrons. The minimum atomic E-state index is -0.302. The number of ether oxygens (including phenoxy) is 1. The van der Waals surface area contributed by atoms with E-state index in [0.29, 0.717) is 28.7 Å². The van der Waals surface area contributed by atoms with Gasteiger partial charge in [-0.05, 0) is 98.0 Å². The van der Waals surface area contributed by atoms with E-state index in [-0.39, 0.29) is 23.6 Å². The van der Waals surface area contributed by atoms with E-state index in [9.17, 15) is 13.6 Å².